The lowest BCUT2D eigenvalue weighted by Gasteiger charge is -2.05. The third kappa shape index (κ3) is 4.67. The quantitative estimate of drug-likeness (QED) is 0.619. The van der Waals surface area contributed by atoms with Crippen LogP contribution in [0, 0.1) is 13.8 Å². The molecular formula is C17H16F3N3. The molecule has 0 bridgehead atoms. The smallest absolute Gasteiger partial charge is 0.399 e. The van der Waals surface area contributed by atoms with Crippen molar-refractivity contribution in [2.24, 2.45) is 0 Å². The first kappa shape index (κ1) is 16.7. The number of anilines is 1. The molecule has 2 heterocycles. The second kappa shape index (κ2) is 6.64. The summed E-state index contributed by atoms with van der Waals surface area (Å²) in [6.45, 7) is 4.01. The van der Waals surface area contributed by atoms with Crippen LogP contribution < -0.4 is 5.73 Å². The molecule has 0 saturated heterocycles. The lowest BCUT2D eigenvalue weighted by Crippen LogP contribution is -2.04. The summed E-state index contributed by atoms with van der Waals surface area (Å²) in [7, 11) is 0. The van der Waals surface area contributed by atoms with E-state index in [4.69, 9.17) is 5.73 Å². The van der Waals surface area contributed by atoms with Gasteiger partial charge in [0, 0.05) is 17.6 Å². The summed E-state index contributed by atoms with van der Waals surface area (Å²) in [6.07, 6.45) is -2.44. The number of hydrogen-bond donors (Lipinski definition) is 1. The number of nitrogen functional groups attached to an aromatic ring is 1. The number of benzene rings is 1. The molecule has 0 aliphatic rings. The molecule has 0 atom stereocenters. The second-order valence-corrected chi connectivity index (χ2v) is 5.13. The molecule has 0 saturated carbocycles. The van der Waals surface area contributed by atoms with Gasteiger partial charge in [0.25, 0.3) is 0 Å². The minimum atomic E-state index is -4.30. The zero-order valence-electron chi connectivity index (χ0n) is 12.7. The van der Waals surface area contributed by atoms with E-state index in [9.17, 15) is 13.2 Å². The standard InChI is InChI=1S/C10H10N2.C7H6F3N/c1-7-5-10-9(11-6-7)4-3-8(2)12-10;8-7(9,10)5-2-1-3-6(11)4-5/h3-6H,1-2H3;1-4H,11H2. The Balaban J connectivity index is 0.000000168. The summed E-state index contributed by atoms with van der Waals surface area (Å²) in [5, 5.41) is 0. The fraction of sp³-hybridized carbons (Fsp3) is 0.176. The number of aryl methyl sites for hydroxylation is 2. The minimum absolute atomic E-state index is 0.125. The molecule has 0 fully saturated rings. The van der Waals surface area contributed by atoms with Crippen LogP contribution in [0.5, 0.6) is 0 Å². The van der Waals surface area contributed by atoms with Crippen molar-refractivity contribution < 1.29 is 13.2 Å². The van der Waals surface area contributed by atoms with Crippen molar-refractivity contribution >= 4 is 16.7 Å². The van der Waals surface area contributed by atoms with Crippen molar-refractivity contribution in [2.75, 3.05) is 5.73 Å². The Morgan fingerprint density at radius 2 is 1.70 bits per heavy atom. The summed E-state index contributed by atoms with van der Waals surface area (Å²) in [6, 6.07) is 10.6. The van der Waals surface area contributed by atoms with Gasteiger partial charge in [-0.15, -0.1) is 0 Å². The second-order valence-electron chi connectivity index (χ2n) is 5.13. The maximum absolute atomic E-state index is 11.9. The van der Waals surface area contributed by atoms with Crippen molar-refractivity contribution in [1.29, 1.82) is 0 Å². The van der Waals surface area contributed by atoms with Gasteiger partial charge in [0.05, 0.1) is 16.6 Å². The van der Waals surface area contributed by atoms with Gasteiger partial charge in [-0.3, -0.25) is 9.97 Å². The topological polar surface area (TPSA) is 51.8 Å². The highest BCUT2D eigenvalue weighted by molar-refractivity contribution is 5.74. The van der Waals surface area contributed by atoms with Crippen LogP contribution in [0.1, 0.15) is 16.8 Å². The van der Waals surface area contributed by atoms with Gasteiger partial charge in [0.15, 0.2) is 0 Å². The van der Waals surface area contributed by atoms with Crippen molar-refractivity contribution in [3.8, 4) is 0 Å². The van der Waals surface area contributed by atoms with E-state index in [0.29, 0.717) is 0 Å². The zero-order valence-corrected chi connectivity index (χ0v) is 12.7. The fourth-order valence-electron chi connectivity index (χ4n) is 1.92. The number of halogens is 3. The summed E-state index contributed by atoms with van der Waals surface area (Å²) >= 11 is 0. The Morgan fingerprint density at radius 3 is 2.30 bits per heavy atom. The van der Waals surface area contributed by atoms with E-state index in [1.807, 2.05) is 32.2 Å². The molecule has 0 spiro atoms. The molecule has 2 N–H and O–H groups in total. The van der Waals surface area contributed by atoms with Crippen molar-refractivity contribution in [3.05, 3.63) is 65.5 Å². The number of rotatable bonds is 0. The number of pyridine rings is 2. The third-order valence-corrected chi connectivity index (χ3v) is 3.03. The van der Waals surface area contributed by atoms with E-state index < -0.39 is 11.7 Å². The van der Waals surface area contributed by atoms with Gasteiger partial charge in [0.2, 0.25) is 0 Å². The Morgan fingerprint density at radius 1 is 0.957 bits per heavy atom. The number of aromatic nitrogens is 2. The lowest BCUT2D eigenvalue weighted by atomic mass is 10.2. The lowest BCUT2D eigenvalue weighted by molar-refractivity contribution is -0.137. The third-order valence-electron chi connectivity index (χ3n) is 3.03. The predicted octanol–water partition coefficient (Wildman–Crippen LogP) is 4.53. The molecule has 3 rings (SSSR count). The van der Waals surface area contributed by atoms with E-state index >= 15 is 0 Å². The van der Waals surface area contributed by atoms with Gasteiger partial charge in [0.1, 0.15) is 0 Å². The van der Waals surface area contributed by atoms with Gasteiger partial charge < -0.3 is 5.73 Å². The molecular weight excluding hydrogens is 303 g/mol. The number of alkyl halides is 3. The van der Waals surface area contributed by atoms with Gasteiger partial charge in [-0.1, -0.05) is 6.07 Å². The molecule has 2 aromatic heterocycles. The molecule has 0 radical (unpaired) electrons. The summed E-state index contributed by atoms with van der Waals surface area (Å²) in [5.41, 5.74) is 8.71. The number of fused-ring (bicyclic) bond motifs is 1. The number of hydrogen-bond acceptors (Lipinski definition) is 3. The van der Waals surface area contributed by atoms with Crippen LogP contribution in [0.25, 0.3) is 11.0 Å². The van der Waals surface area contributed by atoms with E-state index in [1.165, 1.54) is 12.1 Å². The minimum Gasteiger partial charge on any atom is -0.399 e. The Hall–Kier alpha value is -2.63. The summed E-state index contributed by atoms with van der Waals surface area (Å²) in [4.78, 5) is 8.63. The van der Waals surface area contributed by atoms with Crippen LogP contribution >= 0.6 is 0 Å². The number of nitrogens with two attached hydrogens (primary N) is 1. The maximum atomic E-state index is 11.9. The van der Waals surface area contributed by atoms with E-state index in [-0.39, 0.29) is 5.69 Å². The normalized spacial score (nSPS) is 11.0. The Bertz CT molecular complexity index is 777. The van der Waals surface area contributed by atoms with Crippen molar-refractivity contribution in [3.63, 3.8) is 0 Å². The highest BCUT2D eigenvalue weighted by Crippen LogP contribution is 2.29. The monoisotopic (exact) mass is 319 g/mol. The van der Waals surface area contributed by atoms with Gasteiger partial charge in [-0.05, 0) is 55.8 Å². The fourth-order valence-corrected chi connectivity index (χ4v) is 1.92. The van der Waals surface area contributed by atoms with E-state index in [0.717, 1.165) is 34.4 Å². The summed E-state index contributed by atoms with van der Waals surface area (Å²) in [5.74, 6) is 0. The van der Waals surface area contributed by atoms with Gasteiger partial charge in [-0.25, -0.2) is 0 Å². The van der Waals surface area contributed by atoms with E-state index in [1.54, 1.807) is 0 Å². The highest BCUT2D eigenvalue weighted by Gasteiger charge is 2.30. The first-order valence-electron chi connectivity index (χ1n) is 6.88. The highest BCUT2D eigenvalue weighted by atomic mass is 19.4. The SMILES string of the molecule is Cc1cnc2ccc(C)nc2c1.Nc1cccc(C(F)(F)F)c1. The molecule has 0 unspecified atom stereocenters. The Kier molecular flexibility index (Phi) is 4.83. The van der Waals surface area contributed by atoms with Crippen LogP contribution in [0.15, 0.2) is 48.7 Å². The van der Waals surface area contributed by atoms with Gasteiger partial charge in [-0.2, -0.15) is 13.2 Å². The van der Waals surface area contributed by atoms with Gasteiger partial charge >= 0.3 is 6.18 Å². The van der Waals surface area contributed by atoms with E-state index in [2.05, 4.69) is 16.0 Å². The zero-order chi connectivity index (χ0) is 17.0. The molecule has 0 amide bonds. The molecule has 3 nitrogen and oxygen atoms in total. The molecule has 120 valence electrons. The molecule has 1 aromatic carbocycles. The molecule has 6 heteroatoms. The number of nitrogens with zero attached hydrogens (tertiary/aromatic N) is 2. The van der Waals surface area contributed by atoms with Crippen LogP contribution in [-0.2, 0) is 6.18 Å². The van der Waals surface area contributed by atoms with Crippen molar-refractivity contribution in [2.45, 2.75) is 20.0 Å². The molecule has 23 heavy (non-hydrogen) atoms. The molecule has 0 aliphatic carbocycles. The first-order chi connectivity index (χ1) is 10.8. The Labute approximate surface area is 132 Å². The van der Waals surface area contributed by atoms with Crippen LogP contribution in [-0.4, -0.2) is 9.97 Å². The van der Waals surface area contributed by atoms with Crippen LogP contribution in [0.3, 0.4) is 0 Å². The average Bonchev–Trinajstić information content (AvgIpc) is 2.46. The predicted molar refractivity (Wildman–Crippen MR) is 84.9 cm³/mol. The molecule has 3 aromatic rings. The first-order valence-corrected chi connectivity index (χ1v) is 6.88. The summed E-state index contributed by atoms with van der Waals surface area (Å²) < 4.78 is 35.7. The largest absolute Gasteiger partial charge is 0.416 e. The maximum Gasteiger partial charge on any atom is 0.416 e. The van der Waals surface area contributed by atoms with Crippen LogP contribution in [0.4, 0.5) is 18.9 Å². The van der Waals surface area contributed by atoms with Crippen molar-refractivity contribution in [1.82, 2.24) is 9.97 Å². The molecule has 0 aliphatic heterocycles. The average molecular weight is 319 g/mol. The van der Waals surface area contributed by atoms with Crippen LogP contribution in [0.2, 0.25) is 0 Å².